The molecule has 0 bridgehead atoms. The maximum Gasteiger partial charge on any atom is 0.320 e. The van der Waals surface area contributed by atoms with E-state index in [1.165, 1.54) is 0 Å². The molecule has 1 unspecified atom stereocenters. The number of likely N-dealkylation sites (tertiary alicyclic amines) is 2. The summed E-state index contributed by atoms with van der Waals surface area (Å²) in [4.78, 5) is 16.2. The van der Waals surface area contributed by atoms with E-state index in [-0.39, 0.29) is 6.04 Å². The van der Waals surface area contributed by atoms with Crippen LogP contribution in [0.15, 0.2) is 0 Å². The van der Waals surface area contributed by atoms with Crippen molar-refractivity contribution in [1.82, 2.24) is 9.80 Å². The lowest BCUT2D eigenvalue weighted by atomic mass is 9.98. The van der Waals surface area contributed by atoms with Crippen LogP contribution in [-0.2, 0) is 9.53 Å². The van der Waals surface area contributed by atoms with Crippen molar-refractivity contribution in [3.05, 3.63) is 0 Å². The summed E-state index contributed by atoms with van der Waals surface area (Å²) in [6.07, 6.45) is 6.44. The molecule has 0 aromatic carbocycles. The largest absolute Gasteiger partial charge is 0.480 e. The molecule has 0 amide bonds. The second-order valence-electron chi connectivity index (χ2n) is 6.34. The summed E-state index contributed by atoms with van der Waals surface area (Å²) < 4.78 is 5.43. The zero-order valence-corrected chi connectivity index (χ0v) is 12.2. The molecule has 114 valence electrons. The molecule has 3 aliphatic heterocycles. The number of carboxylic acid groups (broad SMARTS) is 1. The summed E-state index contributed by atoms with van der Waals surface area (Å²) in [5, 5.41) is 9.30. The lowest BCUT2D eigenvalue weighted by molar-refractivity contribution is -0.143. The predicted molar refractivity (Wildman–Crippen MR) is 75.8 cm³/mol. The molecular formula is C15H26N2O3. The van der Waals surface area contributed by atoms with Gasteiger partial charge in [-0.1, -0.05) is 0 Å². The number of carbonyl (C=O) groups is 1. The highest BCUT2D eigenvalue weighted by atomic mass is 16.5. The van der Waals surface area contributed by atoms with Gasteiger partial charge in [0, 0.05) is 25.3 Å². The maximum atomic E-state index is 11.3. The molecule has 1 atom stereocenters. The van der Waals surface area contributed by atoms with Gasteiger partial charge in [0.15, 0.2) is 0 Å². The predicted octanol–water partition coefficient (Wildman–Crippen LogP) is 1.18. The second-order valence-corrected chi connectivity index (χ2v) is 6.34. The van der Waals surface area contributed by atoms with Crippen LogP contribution in [0.3, 0.4) is 0 Å². The Hall–Kier alpha value is -0.650. The van der Waals surface area contributed by atoms with Crippen LogP contribution >= 0.6 is 0 Å². The van der Waals surface area contributed by atoms with Crippen LogP contribution in [0.4, 0.5) is 0 Å². The van der Waals surface area contributed by atoms with Gasteiger partial charge in [-0.2, -0.15) is 0 Å². The van der Waals surface area contributed by atoms with Crippen LogP contribution in [-0.4, -0.2) is 71.8 Å². The number of hydrogen-bond acceptors (Lipinski definition) is 4. The first-order valence-corrected chi connectivity index (χ1v) is 8.06. The molecule has 3 fully saturated rings. The Morgan fingerprint density at radius 1 is 0.950 bits per heavy atom. The van der Waals surface area contributed by atoms with Gasteiger partial charge >= 0.3 is 5.97 Å². The van der Waals surface area contributed by atoms with Crippen molar-refractivity contribution < 1.29 is 14.6 Å². The fourth-order valence-corrected chi connectivity index (χ4v) is 4.12. The number of aliphatic carboxylic acids is 1. The van der Waals surface area contributed by atoms with Crippen LogP contribution in [0.25, 0.3) is 0 Å². The zero-order chi connectivity index (χ0) is 13.9. The molecule has 20 heavy (non-hydrogen) atoms. The highest BCUT2D eigenvalue weighted by Crippen LogP contribution is 2.28. The maximum absolute atomic E-state index is 11.3. The summed E-state index contributed by atoms with van der Waals surface area (Å²) in [6, 6.07) is 0.947. The van der Waals surface area contributed by atoms with E-state index in [0.717, 1.165) is 71.4 Å². The molecule has 3 rings (SSSR count). The molecule has 3 aliphatic rings. The van der Waals surface area contributed by atoms with Gasteiger partial charge in [-0.15, -0.1) is 0 Å². The molecule has 5 heteroatoms. The Kier molecular flexibility index (Phi) is 4.58. The minimum atomic E-state index is -0.630. The fourth-order valence-electron chi connectivity index (χ4n) is 4.12. The molecule has 0 aliphatic carbocycles. The van der Waals surface area contributed by atoms with E-state index < -0.39 is 5.97 Å². The van der Waals surface area contributed by atoms with Crippen molar-refractivity contribution in [2.24, 2.45) is 0 Å². The third kappa shape index (κ3) is 3.00. The molecule has 1 N–H and O–H groups in total. The van der Waals surface area contributed by atoms with Crippen molar-refractivity contribution in [1.29, 1.82) is 0 Å². The summed E-state index contributed by atoms with van der Waals surface area (Å²) in [6.45, 7) is 5.02. The lowest BCUT2D eigenvalue weighted by Gasteiger charge is -2.42. The van der Waals surface area contributed by atoms with E-state index in [9.17, 15) is 9.90 Å². The molecule has 3 saturated heterocycles. The number of rotatable bonds is 3. The topological polar surface area (TPSA) is 53.0 Å². The van der Waals surface area contributed by atoms with Gasteiger partial charge in [0.05, 0.1) is 0 Å². The number of carboxylic acids is 1. The standard InChI is InChI=1S/C15H26N2O3/c18-15(19)14-2-1-7-17(14)13-3-8-16(9-4-13)12-5-10-20-11-6-12/h12-14H,1-11H2,(H,18,19). The van der Waals surface area contributed by atoms with Crippen molar-refractivity contribution in [2.75, 3.05) is 32.8 Å². The van der Waals surface area contributed by atoms with E-state index in [2.05, 4.69) is 9.80 Å². The van der Waals surface area contributed by atoms with Crippen LogP contribution < -0.4 is 0 Å². The minimum Gasteiger partial charge on any atom is -0.480 e. The van der Waals surface area contributed by atoms with E-state index in [1.807, 2.05) is 0 Å². The Balaban J connectivity index is 1.51. The summed E-state index contributed by atoms with van der Waals surface area (Å²) in [5.41, 5.74) is 0. The van der Waals surface area contributed by atoms with Gasteiger partial charge in [-0.05, 0) is 58.2 Å². The third-order valence-corrected chi connectivity index (χ3v) is 5.25. The number of ether oxygens (including phenoxy) is 1. The molecule has 0 aromatic rings. The zero-order valence-electron chi connectivity index (χ0n) is 12.2. The Labute approximate surface area is 120 Å². The number of nitrogens with zero attached hydrogens (tertiary/aromatic N) is 2. The average Bonchev–Trinajstić information content (AvgIpc) is 2.98. The Morgan fingerprint density at radius 2 is 1.65 bits per heavy atom. The van der Waals surface area contributed by atoms with E-state index >= 15 is 0 Å². The molecular weight excluding hydrogens is 256 g/mol. The van der Waals surface area contributed by atoms with Crippen LogP contribution in [0.5, 0.6) is 0 Å². The second kappa shape index (κ2) is 6.41. The van der Waals surface area contributed by atoms with Crippen LogP contribution in [0, 0.1) is 0 Å². The first-order chi connectivity index (χ1) is 9.75. The number of hydrogen-bond donors (Lipinski definition) is 1. The van der Waals surface area contributed by atoms with Crippen molar-refractivity contribution >= 4 is 5.97 Å². The lowest BCUT2D eigenvalue weighted by Crippen LogP contribution is -2.51. The molecule has 0 aromatic heterocycles. The van der Waals surface area contributed by atoms with Crippen molar-refractivity contribution in [2.45, 2.75) is 56.7 Å². The van der Waals surface area contributed by atoms with E-state index in [4.69, 9.17) is 4.74 Å². The Bertz CT molecular complexity index is 336. The van der Waals surface area contributed by atoms with Gasteiger partial charge < -0.3 is 14.7 Å². The van der Waals surface area contributed by atoms with Gasteiger partial charge in [0.1, 0.15) is 6.04 Å². The van der Waals surface area contributed by atoms with Gasteiger partial charge in [0.25, 0.3) is 0 Å². The van der Waals surface area contributed by atoms with Crippen molar-refractivity contribution in [3.8, 4) is 0 Å². The van der Waals surface area contributed by atoms with Gasteiger partial charge in [0.2, 0.25) is 0 Å². The molecule has 0 spiro atoms. The minimum absolute atomic E-state index is 0.227. The number of piperidine rings is 1. The third-order valence-electron chi connectivity index (χ3n) is 5.25. The quantitative estimate of drug-likeness (QED) is 0.842. The van der Waals surface area contributed by atoms with Crippen LogP contribution in [0.1, 0.15) is 38.5 Å². The summed E-state index contributed by atoms with van der Waals surface area (Å²) in [5.74, 6) is -0.630. The molecule has 3 heterocycles. The normalized spacial score (nSPS) is 31.7. The van der Waals surface area contributed by atoms with Crippen LogP contribution in [0.2, 0.25) is 0 Å². The molecule has 0 saturated carbocycles. The fraction of sp³-hybridized carbons (Fsp3) is 0.933. The average molecular weight is 282 g/mol. The Morgan fingerprint density at radius 3 is 2.30 bits per heavy atom. The monoisotopic (exact) mass is 282 g/mol. The van der Waals surface area contributed by atoms with E-state index in [1.54, 1.807) is 0 Å². The summed E-state index contributed by atoms with van der Waals surface area (Å²) >= 11 is 0. The molecule has 0 radical (unpaired) electrons. The van der Waals surface area contributed by atoms with Gasteiger partial charge in [-0.3, -0.25) is 9.69 Å². The van der Waals surface area contributed by atoms with Gasteiger partial charge in [-0.25, -0.2) is 0 Å². The summed E-state index contributed by atoms with van der Waals surface area (Å²) in [7, 11) is 0. The highest BCUT2D eigenvalue weighted by Gasteiger charge is 2.37. The first-order valence-electron chi connectivity index (χ1n) is 8.06. The van der Waals surface area contributed by atoms with Crippen molar-refractivity contribution in [3.63, 3.8) is 0 Å². The smallest absolute Gasteiger partial charge is 0.320 e. The molecule has 5 nitrogen and oxygen atoms in total. The SMILES string of the molecule is O=C(O)C1CCCN1C1CCN(C2CCOCC2)CC1. The van der Waals surface area contributed by atoms with E-state index in [0.29, 0.717) is 12.1 Å². The highest BCUT2D eigenvalue weighted by molar-refractivity contribution is 5.73. The first kappa shape index (κ1) is 14.3.